The average molecular weight is 525 g/mol. The molecule has 202 valence electrons. The van der Waals surface area contributed by atoms with Crippen molar-refractivity contribution in [2.24, 2.45) is 5.41 Å². The fourth-order valence-electron chi connectivity index (χ4n) is 4.28. The molecule has 0 aromatic heterocycles. The predicted octanol–water partition coefficient (Wildman–Crippen LogP) is 7.11. The molecule has 0 unspecified atom stereocenters. The minimum atomic E-state index is -2.16. The number of carbonyl (C=O) groups excluding carboxylic acids is 1. The van der Waals surface area contributed by atoms with Gasteiger partial charge in [0.2, 0.25) is 0 Å². The van der Waals surface area contributed by atoms with E-state index in [2.05, 4.69) is 47.7 Å². The summed E-state index contributed by atoms with van der Waals surface area (Å²) in [5.74, 6) is 0.863. The first kappa shape index (κ1) is 29.3. The summed E-state index contributed by atoms with van der Waals surface area (Å²) in [6.07, 6.45) is 2.80. The highest BCUT2D eigenvalue weighted by Crippen LogP contribution is 2.43. The molecule has 5 nitrogen and oxygen atoms in total. The molecule has 3 atom stereocenters. The largest absolute Gasteiger partial charge is 0.497 e. The Hall–Kier alpha value is -2.25. The molecule has 0 radical (unpaired) electrons. The molecule has 3 rings (SSSR count). The maximum absolute atomic E-state index is 13.0. The molecule has 0 heterocycles. The van der Waals surface area contributed by atoms with E-state index in [1.807, 2.05) is 60.7 Å². The van der Waals surface area contributed by atoms with Crippen LogP contribution in [0.2, 0.25) is 18.1 Å². The number of ether oxygens (including phenoxy) is 3. The molecule has 2 aromatic rings. The van der Waals surface area contributed by atoms with Gasteiger partial charge in [-0.25, -0.2) is 0 Å². The number of benzene rings is 2. The van der Waals surface area contributed by atoms with Crippen LogP contribution in [0, 0.1) is 5.41 Å². The minimum absolute atomic E-state index is 0.0208. The molecule has 0 bridgehead atoms. The summed E-state index contributed by atoms with van der Waals surface area (Å²) in [7, 11) is -0.496. The van der Waals surface area contributed by atoms with Crippen molar-refractivity contribution in [1.29, 1.82) is 0 Å². The highest BCUT2D eigenvalue weighted by molar-refractivity contribution is 6.74. The van der Waals surface area contributed by atoms with Gasteiger partial charge in [0.15, 0.2) is 14.1 Å². The first-order chi connectivity index (χ1) is 17.3. The van der Waals surface area contributed by atoms with Gasteiger partial charge in [0, 0.05) is 11.8 Å². The van der Waals surface area contributed by atoms with Crippen LogP contribution in [0.5, 0.6) is 5.75 Å². The van der Waals surface area contributed by atoms with E-state index in [1.165, 1.54) is 0 Å². The van der Waals surface area contributed by atoms with Gasteiger partial charge in [-0.3, -0.25) is 4.79 Å². The number of hydrogen-bond donors (Lipinski definition) is 0. The fraction of sp³-hybridized carbons (Fsp3) is 0.516. The third-order valence-electron chi connectivity index (χ3n) is 7.84. The summed E-state index contributed by atoms with van der Waals surface area (Å²) < 4.78 is 25.3. The zero-order chi connectivity index (χ0) is 27.3. The van der Waals surface area contributed by atoms with Gasteiger partial charge in [-0.15, -0.1) is 0 Å². The second-order valence-corrected chi connectivity index (χ2v) is 16.8. The van der Waals surface area contributed by atoms with Gasteiger partial charge in [-0.2, -0.15) is 0 Å². The van der Waals surface area contributed by atoms with E-state index >= 15 is 0 Å². The molecule has 0 saturated carbocycles. The van der Waals surface area contributed by atoms with E-state index in [0.29, 0.717) is 19.6 Å². The molecular weight excluding hydrogens is 480 g/mol. The number of carbonyl (C=O) groups is 1. The average Bonchev–Trinajstić information content (AvgIpc) is 2.84. The maximum Gasteiger partial charge on any atom is 0.192 e. The second kappa shape index (κ2) is 12.1. The minimum Gasteiger partial charge on any atom is -0.497 e. The molecule has 0 spiro atoms. The molecule has 0 saturated heterocycles. The van der Waals surface area contributed by atoms with Crippen molar-refractivity contribution in [2.75, 3.05) is 7.11 Å². The Bertz CT molecular complexity index is 1040. The Morgan fingerprint density at radius 2 is 1.51 bits per heavy atom. The maximum atomic E-state index is 13.0. The van der Waals surface area contributed by atoms with Crippen LogP contribution in [0.3, 0.4) is 0 Å². The standard InChI is InChI=1S/C31H44O5Si/c1-30(2,3)37(7,8)36-28-20-25(32)16-19-27(34-21-23-12-10-9-11-13-23)29(31(28,4)5)35-22-24-14-17-26(33-6)18-15-24/h9-19,27-29H,20-22H2,1-8H3/b19-16-/t27-,28-,29-/m0/s1. The predicted molar refractivity (Wildman–Crippen MR) is 151 cm³/mol. The van der Waals surface area contributed by atoms with Gasteiger partial charge in [0.05, 0.1) is 32.5 Å². The van der Waals surface area contributed by atoms with E-state index in [1.54, 1.807) is 13.2 Å². The lowest BCUT2D eigenvalue weighted by Crippen LogP contribution is -2.55. The summed E-state index contributed by atoms with van der Waals surface area (Å²) in [5, 5.41) is 0.0208. The first-order valence-electron chi connectivity index (χ1n) is 13.1. The first-order valence-corrected chi connectivity index (χ1v) is 16.0. The third-order valence-corrected chi connectivity index (χ3v) is 12.3. The van der Waals surface area contributed by atoms with Crippen molar-refractivity contribution in [1.82, 2.24) is 0 Å². The van der Waals surface area contributed by atoms with Gasteiger partial charge in [0.1, 0.15) is 11.9 Å². The summed E-state index contributed by atoms with van der Waals surface area (Å²) in [5.41, 5.74) is 1.62. The van der Waals surface area contributed by atoms with Gasteiger partial charge < -0.3 is 18.6 Å². The Kier molecular flexibility index (Phi) is 9.56. The molecule has 0 amide bonds. The lowest BCUT2D eigenvalue weighted by molar-refractivity contribution is -0.151. The molecule has 1 aliphatic carbocycles. The summed E-state index contributed by atoms with van der Waals surface area (Å²) in [4.78, 5) is 13.0. The van der Waals surface area contributed by atoms with Crippen LogP contribution in [0.25, 0.3) is 0 Å². The Labute approximate surface area is 224 Å². The van der Waals surface area contributed by atoms with Crippen molar-refractivity contribution >= 4 is 14.1 Å². The van der Waals surface area contributed by atoms with Crippen molar-refractivity contribution in [3.05, 3.63) is 77.9 Å². The summed E-state index contributed by atoms with van der Waals surface area (Å²) in [6.45, 7) is 16.3. The number of ketones is 1. The Balaban J connectivity index is 1.93. The Morgan fingerprint density at radius 1 is 0.919 bits per heavy atom. The number of allylic oxidation sites excluding steroid dienone is 1. The van der Waals surface area contributed by atoms with E-state index in [-0.39, 0.29) is 23.0 Å². The van der Waals surface area contributed by atoms with E-state index < -0.39 is 19.8 Å². The molecule has 1 aliphatic rings. The second-order valence-electron chi connectivity index (χ2n) is 12.1. The van der Waals surface area contributed by atoms with Crippen LogP contribution >= 0.6 is 0 Å². The lowest BCUT2D eigenvalue weighted by atomic mass is 9.75. The van der Waals surface area contributed by atoms with Crippen LogP contribution in [0.15, 0.2) is 66.7 Å². The van der Waals surface area contributed by atoms with Gasteiger partial charge in [0.25, 0.3) is 0 Å². The van der Waals surface area contributed by atoms with E-state index in [9.17, 15) is 4.79 Å². The van der Waals surface area contributed by atoms with Crippen molar-refractivity contribution in [3.8, 4) is 5.75 Å². The molecular formula is C31H44O5Si. The van der Waals surface area contributed by atoms with Gasteiger partial charge in [-0.05, 0) is 53.5 Å². The van der Waals surface area contributed by atoms with Gasteiger partial charge >= 0.3 is 0 Å². The zero-order valence-corrected chi connectivity index (χ0v) is 24.7. The van der Waals surface area contributed by atoms with Crippen LogP contribution in [-0.4, -0.2) is 39.5 Å². The number of rotatable bonds is 9. The quantitative estimate of drug-likeness (QED) is 0.327. The van der Waals surface area contributed by atoms with Crippen molar-refractivity contribution in [2.45, 2.75) is 90.7 Å². The molecule has 0 fully saturated rings. The number of hydrogen-bond acceptors (Lipinski definition) is 5. The molecule has 2 aromatic carbocycles. The summed E-state index contributed by atoms with van der Waals surface area (Å²) in [6, 6.07) is 18.0. The van der Waals surface area contributed by atoms with Crippen molar-refractivity contribution < 1.29 is 23.4 Å². The molecule has 6 heteroatoms. The van der Waals surface area contributed by atoms with Gasteiger partial charge in [-0.1, -0.05) is 77.1 Å². The van der Waals surface area contributed by atoms with Crippen LogP contribution in [0.1, 0.15) is 52.2 Å². The fourth-order valence-corrected chi connectivity index (χ4v) is 5.73. The van der Waals surface area contributed by atoms with Crippen molar-refractivity contribution in [3.63, 3.8) is 0 Å². The van der Waals surface area contributed by atoms with E-state index in [0.717, 1.165) is 16.9 Å². The number of methoxy groups -OCH3 is 1. The smallest absolute Gasteiger partial charge is 0.192 e. The van der Waals surface area contributed by atoms with Crippen LogP contribution in [0.4, 0.5) is 0 Å². The molecule has 0 aliphatic heterocycles. The summed E-state index contributed by atoms with van der Waals surface area (Å²) >= 11 is 0. The lowest BCUT2D eigenvalue weighted by Gasteiger charge is -2.48. The Morgan fingerprint density at radius 3 is 2.11 bits per heavy atom. The highest BCUT2D eigenvalue weighted by atomic mass is 28.4. The van der Waals surface area contributed by atoms with Crippen LogP contribution < -0.4 is 4.74 Å². The SMILES string of the molecule is COc1ccc(CO[C@H]2[C@@H](OCc3ccccc3)/C=C\C(=O)C[C@H](O[Si](C)(C)C(C)(C)C)C2(C)C)cc1. The highest BCUT2D eigenvalue weighted by Gasteiger charge is 2.49. The molecule has 37 heavy (non-hydrogen) atoms. The molecule has 0 N–H and O–H groups in total. The normalized spacial score (nSPS) is 23.2. The topological polar surface area (TPSA) is 54.0 Å². The zero-order valence-electron chi connectivity index (χ0n) is 23.7. The third kappa shape index (κ3) is 7.63. The monoisotopic (exact) mass is 524 g/mol. The van der Waals surface area contributed by atoms with E-state index in [4.69, 9.17) is 18.6 Å². The van der Waals surface area contributed by atoms with Crippen LogP contribution in [-0.2, 0) is 31.9 Å².